The Labute approximate surface area is 281 Å². The highest BCUT2D eigenvalue weighted by molar-refractivity contribution is 6.02. The average molecular weight is 677 g/mol. The molecule has 0 radical (unpaired) electrons. The van der Waals surface area contributed by atoms with Gasteiger partial charge in [-0.1, -0.05) is 6.07 Å². The lowest BCUT2D eigenvalue weighted by Crippen LogP contribution is -2.33. The van der Waals surface area contributed by atoms with E-state index in [0.717, 1.165) is 6.07 Å². The van der Waals surface area contributed by atoms with Crippen LogP contribution in [0.3, 0.4) is 0 Å². The fourth-order valence-electron chi connectivity index (χ4n) is 5.46. The van der Waals surface area contributed by atoms with E-state index >= 15 is 0 Å². The van der Waals surface area contributed by atoms with Crippen molar-refractivity contribution in [1.29, 1.82) is 0 Å². The molecule has 3 unspecified atom stereocenters. The fraction of sp³-hybridized carbons (Fsp3) is 0.278. The van der Waals surface area contributed by atoms with Gasteiger partial charge in [-0.3, -0.25) is 4.79 Å². The van der Waals surface area contributed by atoms with Gasteiger partial charge in [0.2, 0.25) is 5.75 Å². The molecule has 0 saturated carbocycles. The first kappa shape index (κ1) is 34.5. The van der Waals surface area contributed by atoms with E-state index in [4.69, 9.17) is 33.2 Å². The number of hydrogen-bond donors (Lipinski definition) is 4. The van der Waals surface area contributed by atoms with Gasteiger partial charge in [-0.05, 0) is 61.0 Å². The Hall–Kier alpha value is -5.82. The number of phenols is 4. The molecule has 4 aromatic carbocycles. The van der Waals surface area contributed by atoms with E-state index in [-0.39, 0.29) is 88.3 Å². The molecule has 0 aromatic heterocycles. The number of ketones is 1. The second-order valence-corrected chi connectivity index (χ2v) is 10.9. The molecule has 0 bridgehead atoms. The molecule has 0 saturated heterocycles. The predicted octanol–water partition coefficient (Wildman–Crippen LogP) is 5.62. The predicted molar refractivity (Wildman–Crippen MR) is 173 cm³/mol. The van der Waals surface area contributed by atoms with Crippen molar-refractivity contribution in [2.75, 3.05) is 34.5 Å². The van der Waals surface area contributed by atoms with Crippen molar-refractivity contribution >= 4 is 11.8 Å². The van der Waals surface area contributed by atoms with Crippen LogP contribution in [0.4, 0.5) is 0 Å². The molecular formula is C36H36O13. The van der Waals surface area contributed by atoms with Crippen molar-refractivity contribution in [2.24, 2.45) is 0 Å². The number of aromatic hydroxyl groups is 4. The first-order chi connectivity index (χ1) is 23.6. The van der Waals surface area contributed by atoms with Crippen molar-refractivity contribution in [1.82, 2.24) is 0 Å². The summed E-state index contributed by atoms with van der Waals surface area (Å²) in [5, 5.41) is 40.1. The highest BCUT2D eigenvalue weighted by atomic mass is 16.6. The molecule has 1 aliphatic heterocycles. The lowest BCUT2D eigenvalue weighted by molar-refractivity contribution is -0.0515. The topological polar surface area (TPSA) is 180 Å². The first-order valence-corrected chi connectivity index (χ1v) is 15.2. The second-order valence-electron chi connectivity index (χ2n) is 10.9. The summed E-state index contributed by atoms with van der Waals surface area (Å²) >= 11 is 0. The second kappa shape index (κ2) is 14.9. The van der Waals surface area contributed by atoms with E-state index in [9.17, 15) is 30.0 Å². The third-order valence-corrected chi connectivity index (χ3v) is 7.81. The molecule has 0 aliphatic carbocycles. The Kier molecular flexibility index (Phi) is 10.5. The van der Waals surface area contributed by atoms with Crippen LogP contribution in [0, 0.1) is 0 Å². The van der Waals surface area contributed by atoms with E-state index in [1.807, 2.05) is 0 Å². The summed E-state index contributed by atoms with van der Waals surface area (Å²) in [6.45, 7) is 1.68. The standard InChI is InChI=1S/C36H36O13/c1-5-46-34(20-8-11-24(39)28(12-20)43-2)32(18-47-36(42)19-6-9-22(37)10-7-19)49-35-30(44-3)13-21(14-31(35)45-4)27-17-26(41)33-25(40)15-23(38)16-29(33)48-27/h6-16,27,32,34,37-40H,5,17-18H2,1-4H3. The molecule has 5 rings (SSSR count). The Morgan fingerprint density at radius 2 is 1.51 bits per heavy atom. The normalized spacial score (nSPS) is 14.9. The maximum absolute atomic E-state index is 13.0. The third-order valence-electron chi connectivity index (χ3n) is 7.81. The Balaban J connectivity index is 1.52. The summed E-state index contributed by atoms with van der Waals surface area (Å²) in [4.78, 5) is 26.0. The van der Waals surface area contributed by atoms with Gasteiger partial charge in [-0.2, -0.15) is 0 Å². The zero-order chi connectivity index (χ0) is 35.2. The molecule has 0 spiro atoms. The van der Waals surface area contributed by atoms with Crippen LogP contribution in [0.5, 0.6) is 51.7 Å². The monoisotopic (exact) mass is 676 g/mol. The van der Waals surface area contributed by atoms with Crippen molar-refractivity contribution in [3.63, 3.8) is 0 Å². The van der Waals surface area contributed by atoms with Crippen LogP contribution >= 0.6 is 0 Å². The summed E-state index contributed by atoms with van der Waals surface area (Å²) in [5.74, 6) is -1.13. The van der Waals surface area contributed by atoms with E-state index in [1.165, 1.54) is 57.7 Å². The Bertz CT molecular complexity index is 1790. The minimum atomic E-state index is -1.03. The average Bonchev–Trinajstić information content (AvgIpc) is 3.08. The molecule has 4 N–H and O–H groups in total. The van der Waals surface area contributed by atoms with E-state index in [0.29, 0.717) is 11.1 Å². The minimum absolute atomic E-state index is 0.0124. The zero-order valence-corrected chi connectivity index (χ0v) is 27.2. The fourth-order valence-corrected chi connectivity index (χ4v) is 5.46. The smallest absolute Gasteiger partial charge is 0.338 e. The van der Waals surface area contributed by atoms with Crippen LogP contribution in [0.25, 0.3) is 0 Å². The number of phenolic OH excluding ortho intramolecular Hbond substituents is 4. The molecule has 3 atom stereocenters. The number of esters is 1. The lowest BCUT2D eigenvalue weighted by atomic mass is 9.95. The van der Waals surface area contributed by atoms with Crippen LogP contribution in [0.15, 0.2) is 66.7 Å². The van der Waals surface area contributed by atoms with E-state index < -0.39 is 24.3 Å². The molecule has 13 nitrogen and oxygen atoms in total. The zero-order valence-electron chi connectivity index (χ0n) is 27.2. The molecule has 258 valence electrons. The first-order valence-electron chi connectivity index (χ1n) is 15.2. The van der Waals surface area contributed by atoms with Gasteiger partial charge in [0.25, 0.3) is 0 Å². The van der Waals surface area contributed by atoms with Gasteiger partial charge >= 0.3 is 5.97 Å². The molecule has 49 heavy (non-hydrogen) atoms. The van der Waals surface area contributed by atoms with Crippen molar-refractivity contribution in [3.05, 3.63) is 89.0 Å². The number of carbonyl (C=O) groups is 2. The summed E-state index contributed by atoms with van der Waals surface area (Å²) < 4.78 is 41.1. The summed E-state index contributed by atoms with van der Waals surface area (Å²) in [5.41, 5.74) is 1.19. The van der Waals surface area contributed by atoms with Gasteiger partial charge in [0.1, 0.15) is 47.4 Å². The van der Waals surface area contributed by atoms with E-state index in [1.54, 1.807) is 31.2 Å². The van der Waals surface area contributed by atoms with Crippen molar-refractivity contribution < 1.29 is 63.2 Å². The highest BCUT2D eigenvalue weighted by Gasteiger charge is 2.34. The van der Waals surface area contributed by atoms with Crippen molar-refractivity contribution in [3.8, 4) is 51.7 Å². The molecule has 0 amide bonds. The van der Waals surface area contributed by atoms with Gasteiger partial charge in [0.05, 0.1) is 33.3 Å². The maximum Gasteiger partial charge on any atom is 0.338 e. The number of carbonyl (C=O) groups excluding carboxylic acids is 2. The molecule has 0 fully saturated rings. The van der Waals surface area contributed by atoms with Gasteiger partial charge in [-0.15, -0.1) is 0 Å². The number of benzene rings is 4. The quantitative estimate of drug-likeness (QED) is 0.128. The minimum Gasteiger partial charge on any atom is -0.508 e. The number of hydrogen-bond acceptors (Lipinski definition) is 13. The molecule has 13 heteroatoms. The summed E-state index contributed by atoms with van der Waals surface area (Å²) in [6.07, 6.45) is -2.87. The molecule has 1 aliphatic rings. The molecular weight excluding hydrogens is 640 g/mol. The Morgan fingerprint density at radius 3 is 2.14 bits per heavy atom. The third kappa shape index (κ3) is 7.52. The summed E-state index contributed by atoms with van der Waals surface area (Å²) in [7, 11) is 4.23. The van der Waals surface area contributed by atoms with Gasteiger partial charge in [0, 0.05) is 24.3 Å². The number of fused-ring (bicyclic) bond motifs is 1. The van der Waals surface area contributed by atoms with Crippen LogP contribution in [0.2, 0.25) is 0 Å². The SMILES string of the molecule is CCOC(c1ccc(O)c(OC)c1)C(COC(=O)c1ccc(O)cc1)Oc1c(OC)cc(C2CC(=O)c3c(O)cc(O)cc3O2)cc1OC. The largest absolute Gasteiger partial charge is 0.508 e. The number of ether oxygens (including phenoxy) is 7. The Morgan fingerprint density at radius 1 is 0.837 bits per heavy atom. The van der Waals surface area contributed by atoms with Crippen LogP contribution < -0.4 is 23.7 Å². The molecule has 4 aromatic rings. The van der Waals surface area contributed by atoms with Gasteiger partial charge in [-0.25, -0.2) is 4.79 Å². The van der Waals surface area contributed by atoms with Crippen LogP contribution in [-0.4, -0.2) is 72.8 Å². The lowest BCUT2D eigenvalue weighted by Gasteiger charge is -2.30. The van der Waals surface area contributed by atoms with Crippen LogP contribution in [-0.2, 0) is 9.47 Å². The van der Waals surface area contributed by atoms with E-state index in [2.05, 4.69) is 0 Å². The van der Waals surface area contributed by atoms with Gasteiger partial charge in [0.15, 0.2) is 34.9 Å². The number of Topliss-reactive ketones (excluding diaryl/α,β-unsaturated/α-hetero) is 1. The van der Waals surface area contributed by atoms with Crippen molar-refractivity contribution in [2.45, 2.75) is 31.7 Å². The number of rotatable bonds is 13. The van der Waals surface area contributed by atoms with Gasteiger partial charge < -0.3 is 53.6 Å². The summed E-state index contributed by atoms with van der Waals surface area (Å²) in [6, 6.07) is 15.7. The maximum atomic E-state index is 13.0. The highest BCUT2D eigenvalue weighted by Crippen LogP contribution is 2.46. The van der Waals surface area contributed by atoms with Crippen LogP contribution in [0.1, 0.15) is 57.4 Å². The number of methoxy groups -OCH3 is 3. The molecule has 1 heterocycles.